The Balaban J connectivity index is 3.68. The van der Waals surface area contributed by atoms with Crippen molar-refractivity contribution in [1.82, 2.24) is 4.90 Å². The molecule has 0 unspecified atom stereocenters. The molecule has 0 amide bonds. The van der Waals surface area contributed by atoms with Crippen LogP contribution in [0.4, 0.5) is 0 Å². The Bertz CT molecular complexity index is 611. The number of nitrogens with zero attached hydrogens (tertiary/aromatic N) is 1. The van der Waals surface area contributed by atoms with Gasteiger partial charge in [0.2, 0.25) is 0 Å². The van der Waals surface area contributed by atoms with E-state index in [-0.39, 0.29) is 18.5 Å². The second-order valence-electron chi connectivity index (χ2n) is 12.0. The standard InChI is InChI=1S/C37H69NO5/c1-3-5-7-9-19-25-34-42-36(40)28-21-15-11-13-17-23-30-38(32-27-33-39)31-24-18-14-12-16-22-29-37(41)43-35-26-20-10-8-6-4-2/h19-20,25-26,39H,3-18,21-24,27-35H2,1-2H3/b25-19-,26-20-. The molecule has 0 saturated carbocycles. The van der Waals surface area contributed by atoms with Gasteiger partial charge in [-0.15, -0.1) is 0 Å². The van der Waals surface area contributed by atoms with Gasteiger partial charge in [-0.05, 0) is 70.9 Å². The molecule has 252 valence electrons. The number of carbonyl (C=O) groups is 2. The quantitative estimate of drug-likeness (QED) is 0.0455. The Labute approximate surface area is 266 Å². The highest BCUT2D eigenvalue weighted by Gasteiger charge is 2.06. The Morgan fingerprint density at radius 2 is 0.907 bits per heavy atom. The predicted octanol–water partition coefficient (Wildman–Crippen LogP) is 9.49. The minimum Gasteiger partial charge on any atom is -0.461 e. The summed E-state index contributed by atoms with van der Waals surface area (Å²) in [7, 11) is 0. The molecule has 1 N–H and O–H groups in total. The number of unbranched alkanes of at least 4 members (excludes halogenated alkanes) is 16. The van der Waals surface area contributed by atoms with Crippen LogP contribution in [0.5, 0.6) is 0 Å². The third-order valence-electron chi connectivity index (χ3n) is 7.81. The summed E-state index contributed by atoms with van der Waals surface area (Å²) in [5.74, 6) is -0.149. The maximum atomic E-state index is 11.8. The van der Waals surface area contributed by atoms with Gasteiger partial charge in [0.25, 0.3) is 0 Å². The van der Waals surface area contributed by atoms with Crippen molar-refractivity contribution in [3.05, 3.63) is 24.3 Å². The van der Waals surface area contributed by atoms with Crippen molar-refractivity contribution in [3.8, 4) is 0 Å². The lowest BCUT2D eigenvalue weighted by atomic mass is 10.1. The highest BCUT2D eigenvalue weighted by atomic mass is 16.5. The van der Waals surface area contributed by atoms with Crippen LogP contribution in [0.25, 0.3) is 0 Å². The van der Waals surface area contributed by atoms with Crippen LogP contribution in [-0.4, -0.2) is 61.4 Å². The van der Waals surface area contributed by atoms with Crippen molar-refractivity contribution in [2.75, 3.05) is 39.5 Å². The molecule has 6 nitrogen and oxygen atoms in total. The molecule has 0 aliphatic carbocycles. The fraction of sp³-hybridized carbons (Fsp3) is 0.838. The molecule has 0 radical (unpaired) electrons. The van der Waals surface area contributed by atoms with E-state index in [1.54, 1.807) is 0 Å². The van der Waals surface area contributed by atoms with Crippen LogP contribution in [0, 0.1) is 0 Å². The van der Waals surface area contributed by atoms with E-state index in [4.69, 9.17) is 9.47 Å². The van der Waals surface area contributed by atoms with Gasteiger partial charge in [-0.1, -0.05) is 115 Å². The number of allylic oxidation sites excluding steroid dienone is 2. The predicted molar refractivity (Wildman–Crippen MR) is 181 cm³/mol. The van der Waals surface area contributed by atoms with Gasteiger partial charge in [-0.2, -0.15) is 0 Å². The zero-order valence-electron chi connectivity index (χ0n) is 28.3. The van der Waals surface area contributed by atoms with E-state index in [1.807, 2.05) is 12.2 Å². The average molecular weight is 608 g/mol. The molecule has 0 fully saturated rings. The van der Waals surface area contributed by atoms with Crippen LogP contribution >= 0.6 is 0 Å². The summed E-state index contributed by atoms with van der Waals surface area (Å²) in [5.41, 5.74) is 0. The van der Waals surface area contributed by atoms with E-state index in [9.17, 15) is 14.7 Å². The molecule has 0 rings (SSSR count). The summed E-state index contributed by atoms with van der Waals surface area (Å²) in [6.07, 6.45) is 33.3. The van der Waals surface area contributed by atoms with Crippen molar-refractivity contribution in [3.63, 3.8) is 0 Å². The maximum absolute atomic E-state index is 11.8. The van der Waals surface area contributed by atoms with Gasteiger partial charge < -0.3 is 19.5 Å². The van der Waals surface area contributed by atoms with Crippen LogP contribution in [0.3, 0.4) is 0 Å². The van der Waals surface area contributed by atoms with Gasteiger partial charge in [-0.3, -0.25) is 9.59 Å². The zero-order valence-corrected chi connectivity index (χ0v) is 28.3. The van der Waals surface area contributed by atoms with Crippen molar-refractivity contribution < 1.29 is 24.2 Å². The number of carbonyl (C=O) groups excluding carboxylic acids is 2. The van der Waals surface area contributed by atoms with Crippen molar-refractivity contribution in [2.45, 2.75) is 162 Å². The Morgan fingerprint density at radius 1 is 0.512 bits per heavy atom. The van der Waals surface area contributed by atoms with Gasteiger partial charge in [0.1, 0.15) is 13.2 Å². The molecule has 43 heavy (non-hydrogen) atoms. The molecule has 0 saturated heterocycles. The van der Waals surface area contributed by atoms with E-state index in [1.165, 1.54) is 89.9 Å². The van der Waals surface area contributed by atoms with Crippen molar-refractivity contribution in [1.29, 1.82) is 0 Å². The van der Waals surface area contributed by atoms with Crippen LogP contribution in [0.15, 0.2) is 24.3 Å². The molecule has 6 heteroatoms. The van der Waals surface area contributed by atoms with E-state index < -0.39 is 0 Å². The first-order chi connectivity index (χ1) is 21.1. The monoisotopic (exact) mass is 608 g/mol. The van der Waals surface area contributed by atoms with Gasteiger partial charge in [0.15, 0.2) is 0 Å². The third-order valence-corrected chi connectivity index (χ3v) is 7.81. The van der Waals surface area contributed by atoms with Gasteiger partial charge in [0, 0.05) is 26.0 Å². The molecule has 0 aromatic heterocycles. The highest BCUT2D eigenvalue weighted by Crippen LogP contribution is 2.12. The lowest BCUT2D eigenvalue weighted by Gasteiger charge is -2.22. The van der Waals surface area contributed by atoms with E-state index >= 15 is 0 Å². The largest absolute Gasteiger partial charge is 0.461 e. The normalized spacial score (nSPS) is 11.7. The summed E-state index contributed by atoms with van der Waals surface area (Å²) < 4.78 is 10.6. The number of hydrogen-bond donors (Lipinski definition) is 1. The van der Waals surface area contributed by atoms with Gasteiger partial charge in [0.05, 0.1) is 0 Å². The summed E-state index contributed by atoms with van der Waals surface area (Å²) >= 11 is 0. The van der Waals surface area contributed by atoms with Crippen LogP contribution in [-0.2, 0) is 19.1 Å². The summed E-state index contributed by atoms with van der Waals surface area (Å²) in [5, 5.41) is 9.28. The average Bonchev–Trinajstić information content (AvgIpc) is 3.01. The second kappa shape index (κ2) is 34.8. The fourth-order valence-corrected chi connectivity index (χ4v) is 5.08. The molecule has 0 atom stereocenters. The third kappa shape index (κ3) is 33.1. The molecule has 0 aliphatic rings. The number of rotatable bonds is 33. The summed E-state index contributed by atoms with van der Waals surface area (Å²) in [6, 6.07) is 0. The Hall–Kier alpha value is -1.66. The molecule has 0 bridgehead atoms. The first kappa shape index (κ1) is 41.3. The smallest absolute Gasteiger partial charge is 0.306 e. The van der Waals surface area contributed by atoms with Gasteiger partial charge in [-0.25, -0.2) is 0 Å². The topological polar surface area (TPSA) is 76.1 Å². The molecule has 0 heterocycles. The van der Waals surface area contributed by atoms with E-state index in [0.29, 0.717) is 26.1 Å². The number of aliphatic hydroxyl groups is 1. The molecule has 0 aromatic carbocycles. The lowest BCUT2D eigenvalue weighted by Crippen LogP contribution is -2.27. The van der Waals surface area contributed by atoms with Crippen LogP contribution < -0.4 is 0 Å². The van der Waals surface area contributed by atoms with Crippen molar-refractivity contribution >= 4 is 11.9 Å². The van der Waals surface area contributed by atoms with E-state index in [2.05, 4.69) is 30.9 Å². The molecule has 0 spiro atoms. The minimum absolute atomic E-state index is 0.0746. The minimum atomic E-state index is -0.0746. The van der Waals surface area contributed by atoms with Crippen LogP contribution in [0.1, 0.15) is 162 Å². The fourth-order valence-electron chi connectivity index (χ4n) is 5.08. The summed E-state index contributed by atoms with van der Waals surface area (Å²) in [4.78, 5) is 26.2. The first-order valence-corrected chi connectivity index (χ1v) is 18.1. The summed E-state index contributed by atoms with van der Waals surface area (Å²) in [6.45, 7) is 8.67. The van der Waals surface area contributed by atoms with E-state index in [0.717, 1.165) is 64.6 Å². The highest BCUT2D eigenvalue weighted by molar-refractivity contribution is 5.69. The SMILES string of the molecule is CCCCC/C=C\COC(=O)CCCCCCCCN(CCCO)CCCCCCCCC(=O)OC/C=C\CCCCC. The van der Waals surface area contributed by atoms with Gasteiger partial charge >= 0.3 is 11.9 Å². The molecule has 0 aromatic rings. The Kier molecular flexibility index (Phi) is 33.5. The Morgan fingerprint density at radius 3 is 1.33 bits per heavy atom. The van der Waals surface area contributed by atoms with Crippen molar-refractivity contribution in [2.24, 2.45) is 0 Å². The number of aliphatic hydroxyl groups excluding tert-OH is 1. The lowest BCUT2D eigenvalue weighted by molar-refractivity contribution is -0.143. The zero-order chi connectivity index (χ0) is 31.5. The molecular formula is C37H69NO5. The first-order valence-electron chi connectivity index (χ1n) is 18.1. The van der Waals surface area contributed by atoms with Crippen LogP contribution in [0.2, 0.25) is 0 Å². The number of hydrogen-bond acceptors (Lipinski definition) is 6. The molecule has 0 aliphatic heterocycles. The number of esters is 2. The molecular weight excluding hydrogens is 538 g/mol. The maximum Gasteiger partial charge on any atom is 0.306 e. The number of ether oxygens (including phenoxy) is 2. The second-order valence-corrected chi connectivity index (χ2v) is 12.0.